The maximum Gasteiger partial charge on any atom is 0.343 e. The fraction of sp³-hybridized carbons (Fsp3) is 0.103. The molecule has 0 fully saturated rings. The molecule has 0 aliphatic rings. The molecule has 0 aliphatic heterocycles. The van der Waals surface area contributed by atoms with E-state index in [9.17, 15) is 14.4 Å². The summed E-state index contributed by atoms with van der Waals surface area (Å²) >= 11 is 5.91. The number of esters is 1. The van der Waals surface area contributed by atoms with Crippen LogP contribution >= 0.6 is 11.6 Å². The van der Waals surface area contributed by atoms with Gasteiger partial charge in [0.05, 0.1) is 32.5 Å². The average Bonchev–Trinajstić information content (AvgIpc) is 2.96. The Bertz CT molecular complexity index is 1550. The van der Waals surface area contributed by atoms with Crippen molar-refractivity contribution in [3.63, 3.8) is 0 Å². The van der Waals surface area contributed by atoms with Crippen LogP contribution < -0.4 is 25.0 Å². The average molecular weight is 546 g/mol. The molecular formula is C29H24ClN3O6. The summed E-state index contributed by atoms with van der Waals surface area (Å²) in [4.78, 5) is 37.5. The number of carbonyl (C=O) groups excluding carboxylic acids is 3. The molecule has 4 rings (SSSR count). The summed E-state index contributed by atoms with van der Waals surface area (Å²) < 4.78 is 16.0. The maximum atomic E-state index is 12.7. The highest BCUT2D eigenvalue weighted by Crippen LogP contribution is 2.28. The van der Waals surface area contributed by atoms with E-state index in [0.717, 1.165) is 10.8 Å². The van der Waals surface area contributed by atoms with E-state index in [0.29, 0.717) is 33.2 Å². The van der Waals surface area contributed by atoms with Crippen molar-refractivity contribution in [2.45, 2.75) is 0 Å². The van der Waals surface area contributed by atoms with Gasteiger partial charge in [0.15, 0.2) is 11.5 Å². The molecule has 0 radical (unpaired) electrons. The molecule has 0 atom stereocenters. The molecule has 198 valence electrons. The van der Waals surface area contributed by atoms with Crippen molar-refractivity contribution in [2.75, 3.05) is 20.8 Å². The van der Waals surface area contributed by atoms with Crippen LogP contribution in [0.2, 0.25) is 5.02 Å². The minimum absolute atomic E-state index is 0.258. The Morgan fingerprint density at radius 2 is 1.54 bits per heavy atom. The van der Waals surface area contributed by atoms with Crippen molar-refractivity contribution in [3.8, 4) is 17.2 Å². The summed E-state index contributed by atoms with van der Waals surface area (Å²) in [5.74, 6) is -0.470. The van der Waals surface area contributed by atoms with Gasteiger partial charge in [0.1, 0.15) is 5.75 Å². The van der Waals surface area contributed by atoms with Crippen molar-refractivity contribution < 1.29 is 28.6 Å². The minimum Gasteiger partial charge on any atom is -0.493 e. The second-order valence-electron chi connectivity index (χ2n) is 8.14. The van der Waals surface area contributed by atoms with Crippen molar-refractivity contribution in [2.24, 2.45) is 5.10 Å². The first-order valence-corrected chi connectivity index (χ1v) is 12.1. The fourth-order valence-corrected chi connectivity index (χ4v) is 3.82. The van der Waals surface area contributed by atoms with Crippen LogP contribution in [0.4, 0.5) is 0 Å². The first kappa shape index (κ1) is 27.2. The number of nitrogens with one attached hydrogen (secondary N) is 2. The predicted molar refractivity (Wildman–Crippen MR) is 148 cm³/mol. The van der Waals surface area contributed by atoms with Gasteiger partial charge in [-0.3, -0.25) is 9.59 Å². The summed E-state index contributed by atoms with van der Waals surface area (Å²) in [7, 11) is 2.96. The summed E-state index contributed by atoms with van der Waals surface area (Å²) in [6, 6.07) is 21.9. The van der Waals surface area contributed by atoms with Crippen molar-refractivity contribution in [3.05, 3.63) is 101 Å². The van der Waals surface area contributed by atoms with Gasteiger partial charge in [-0.2, -0.15) is 5.10 Å². The van der Waals surface area contributed by atoms with Crippen LogP contribution in [-0.2, 0) is 4.79 Å². The zero-order valence-electron chi connectivity index (χ0n) is 21.1. The standard InChI is InChI=1S/C29H24ClN3O6/c1-37-25-14-10-20(15-26(25)38-2)28(35)31-17-27(34)33-32-16-23-22-6-4-3-5-18(22)9-13-24(23)39-29(36)19-7-11-21(30)12-8-19/h3-16H,17H2,1-2H3,(H,31,35)(H,33,34)/b32-16+. The first-order valence-electron chi connectivity index (χ1n) is 11.7. The molecule has 2 amide bonds. The van der Waals surface area contributed by atoms with Crippen LogP contribution in [-0.4, -0.2) is 44.8 Å². The zero-order valence-corrected chi connectivity index (χ0v) is 21.8. The number of methoxy groups -OCH3 is 2. The van der Waals surface area contributed by atoms with Crippen LogP contribution in [0.1, 0.15) is 26.3 Å². The van der Waals surface area contributed by atoms with Gasteiger partial charge in [0, 0.05) is 16.1 Å². The fourth-order valence-electron chi connectivity index (χ4n) is 3.69. The maximum absolute atomic E-state index is 12.7. The monoisotopic (exact) mass is 545 g/mol. The second kappa shape index (κ2) is 12.6. The number of carbonyl (C=O) groups is 3. The van der Waals surface area contributed by atoms with Crippen LogP contribution in [0.15, 0.2) is 84.0 Å². The molecule has 0 aromatic heterocycles. The number of amides is 2. The third kappa shape index (κ3) is 6.71. The van der Waals surface area contributed by atoms with Gasteiger partial charge in [-0.25, -0.2) is 10.2 Å². The Labute approximate surface area is 229 Å². The Morgan fingerprint density at radius 1 is 0.846 bits per heavy atom. The van der Waals surface area contributed by atoms with Crippen LogP contribution in [0.5, 0.6) is 17.2 Å². The highest BCUT2D eigenvalue weighted by atomic mass is 35.5. The number of nitrogens with zero attached hydrogens (tertiary/aromatic N) is 1. The van der Waals surface area contributed by atoms with E-state index < -0.39 is 17.8 Å². The molecule has 0 saturated carbocycles. The zero-order chi connectivity index (χ0) is 27.8. The molecule has 0 saturated heterocycles. The Balaban J connectivity index is 1.44. The quantitative estimate of drug-likeness (QED) is 0.137. The van der Waals surface area contributed by atoms with Crippen molar-refractivity contribution >= 4 is 46.4 Å². The van der Waals surface area contributed by atoms with E-state index >= 15 is 0 Å². The van der Waals surface area contributed by atoms with E-state index in [1.165, 1.54) is 26.5 Å². The lowest BCUT2D eigenvalue weighted by atomic mass is 10.0. The van der Waals surface area contributed by atoms with Gasteiger partial charge >= 0.3 is 5.97 Å². The van der Waals surface area contributed by atoms with Crippen LogP contribution in [0, 0.1) is 0 Å². The van der Waals surface area contributed by atoms with E-state index in [4.69, 9.17) is 25.8 Å². The molecule has 0 spiro atoms. The Kier molecular flexibility index (Phi) is 8.75. The number of ether oxygens (including phenoxy) is 3. The molecule has 0 heterocycles. The summed E-state index contributed by atoms with van der Waals surface area (Å²) in [5.41, 5.74) is 3.49. The molecule has 39 heavy (non-hydrogen) atoms. The van der Waals surface area contributed by atoms with Gasteiger partial charge in [-0.15, -0.1) is 0 Å². The SMILES string of the molecule is COc1ccc(C(=O)NCC(=O)N/N=C/c2c(OC(=O)c3ccc(Cl)cc3)ccc3ccccc23)cc1OC. The molecule has 4 aromatic rings. The highest BCUT2D eigenvalue weighted by Gasteiger charge is 2.15. The summed E-state index contributed by atoms with van der Waals surface area (Å²) in [5, 5.41) is 8.70. The third-order valence-corrected chi connectivity index (χ3v) is 5.90. The topological polar surface area (TPSA) is 115 Å². The van der Waals surface area contributed by atoms with E-state index in [1.54, 1.807) is 42.5 Å². The molecule has 10 heteroatoms. The van der Waals surface area contributed by atoms with Gasteiger partial charge in [0.25, 0.3) is 11.8 Å². The number of hydrogen-bond acceptors (Lipinski definition) is 7. The number of halogens is 1. The molecule has 0 unspecified atom stereocenters. The number of rotatable bonds is 9. The second-order valence-corrected chi connectivity index (χ2v) is 8.58. The highest BCUT2D eigenvalue weighted by molar-refractivity contribution is 6.30. The number of hydrogen-bond donors (Lipinski definition) is 2. The third-order valence-electron chi connectivity index (χ3n) is 5.65. The lowest BCUT2D eigenvalue weighted by molar-refractivity contribution is -0.120. The predicted octanol–water partition coefficient (Wildman–Crippen LogP) is 4.61. The van der Waals surface area contributed by atoms with Crippen molar-refractivity contribution in [1.29, 1.82) is 0 Å². The molecule has 2 N–H and O–H groups in total. The van der Waals surface area contributed by atoms with Gasteiger partial charge < -0.3 is 19.5 Å². The number of fused-ring (bicyclic) bond motifs is 1. The number of hydrazone groups is 1. The number of benzene rings is 4. The molecule has 0 bridgehead atoms. The smallest absolute Gasteiger partial charge is 0.343 e. The van der Waals surface area contributed by atoms with Crippen molar-refractivity contribution in [1.82, 2.24) is 10.7 Å². The normalized spacial score (nSPS) is 10.7. The lowest BCUT2D eigenvalue weighted by Crippen LogP contribution is -2.34. The molecule has 9 nitrogen and oxygen atoms in total. The molecular weight excluding hydrogens is 522 g/mol. The largest absolute Gasteiger partial charge is 0.493 e. The molecule has 0 aliphatic carbocycles. The molecule has 4 aromatic carbocycles. The van der Waals surface area contributed by atoms with Gasteiger partial charge in [-0.1, -0.05) is 41.9 Å². The van der Waals surface area contributed by atoms with Crippen LogP contribution in [0.3, 0.4) is 0 Å². The van der Waals surface area contributed by atoms with E-state index in [2.05, 4.69) is 15.8 Å². The minimum atomic E-state index is -0.571. The summed E-state index contributed by atoms with van der Waals surface area (Å²) in [6.07, 6.45) is 1.39. The first-order chi connectivity index (χ1) is 18.9. The lowest BCUT2D eigenvalue weighted by Gasteiger charge is -2.11. The Hall–Kier alpha value is -4.89. The van der Waals surface area contributed by atoms with Gasteiger partial charge in [-0.05, 0) is 59.3 Å². The Morgan fingerprint density at radius 3 is 2.28 bits per heavy atom. The summed E-state index contributed by atoms with van der Waals surface area (Å²) in [6.45, 7) is -0.321. The van der Waals surface area contributed by atoms with Crippen LogP contribution in [0.25, 0.3) is 10.8 Å². The van der Waals surface area contributed by atoms with E-state index in [1.807, 2.05) is 30.3 Å². The van der Waals surface area contributed by atoms with E-state index in [-0.39, 0.29) is 12.3 Å². The van der Waals surface area contributed by atoms with Gasteiger partial charge in [0.2, 0.25) is 0 Å².